The number of hydrogen-bond acceptors (Lipinski definition) is 1. The van der Waals surface area contributed by atoms with Gasteiger partial charge < -0.3 is 5.32 Å². The van der Waals surface area contributed by atoms with Crippen molar-refractivity contribution in [2.24, 2.45) is 5.92 Å². The summed E-state index contributed by atoms with van der Waals surface area (Å²) in [6.45, 7) is 9.48. The molecule has 20 heavy (non-hydrogen) atoms. The highest BCUT2D eigenvalue weighted by Crippen LogP contribution is 2.47. The van der Waals surface area contributed by atoms with Crippen LogP contribution in [-0.4, -0.2) is 12.1 Å². The van der Waals surface area contributed by atoms with Crippen LogP contribution in [0.25, 0.3) is 0 Å². The van der Waals surface area contributed by atoms with E-state index in [9.17, 15) is 4.39 Å². The largest absolute Gasteiger partial charge is 0.311 e. The lowest BCUT2D eigenvalue weighted by molar-refractivity contribution is 0.272. The van der Waals surface area contributed by atoms with Gasteiger partial charge in [-0.3, -0.25) is 0 Å². The normalized spacial score (nSPS) is 27.0. The van der Waals surface area contributed by atoms with Gasteiger partial charge in [0, 0.05) is 17.5 Å². The molecule has 0 radical (unpaired) electrons. The summed E-state index contributed by atoms with van der Waals surface area (Å²) in [5.41, 5.74) is 0.679. The first-order valence-corrected chi connectivity index (χ1v) is 7.83. The molecule has 1 N–H and O–H groups in total. The fourth-order valence-electron chi connectivity index (χ4n) is 3.32. The van der Waals surface area contributed by atoms with Gasteiger partial charge in [0.05, 0.1) is 5.02 Å². The van der Waals surface area contributed by atoms with E-state index >= 15 is 0 Å². The zero-order valence-corrected chi connectivity index (χ0v) is 13.6. The summed E-state index contributed by atoms with van der Waals surface area (Å²) < 4.78 is 14.5. The molecule has 0 aliphatic heterocycles. The van der Waals surface area contributed by atoms with Gasteiger partial charge in [-0.1, -0.05) is 37.1 Å². The Hall–Kier alpha value is -0.600. The predicted octanol–water partition coefficient (Wildman–Crippen LogP) is 4.93. The first-order chi connectivity index (χ1) is 9.26. The lowest BCUT2D eigenvalue weighted by Crippen LogP contribution is -2.47. The van der Waals surface area contributed by atoms with Crippen molar-refractivity contribution in [3.63, 3.8) is 0 Å². The second-order valence-electron chi connectivity index (χ2n) is 7.15. The standard InChI is InChI=1S/C17H25ClFN/c1-12-7-6-10-17(12,11-20-16(2,3)4)13-8-5-9-14(18)15(13)19/h5,8-9,12,20H,6-7,10-11H2,1-4H3. The highest BCUT2D eigenvalue weighted by Gasteiger charge is 2.43. The van der Waals surface area contributed by atoms with E-state index in [1.54, 1.807) is 6.07 Å². The summed E-state index contributed by atoms with van der Waals surface area (Å²) in [7, 11) is 0. The average Bonchev–Trinajstić information content (AvgIpc) is 2.72. The Bertz CT molecular complexity index is 480. The minimum Gasteiger partial charge on any atom is -0.311 e. The van der Waals surface area contributed by atoms with Crippen LogP contribution in [0.2, 0.25) is 5.02 Å². The number of nitrogens with one attached hydrogen (secondary N) is 1. The van der Waals surface area contributed by atoms with Crippen molar-refractivity contribution in [3.05, 3.63) is 34.6 Å². The Morgan fingerprint density at radius 2 is 2.10 bits per heavy atom. The smallest absolute Gasteiger partial charge is 0.145 e. The number of hydrogen-bond donors (Lipinski definition) is 1. The van der Waals surface area contributed by atoms with E-state index in [1.807, 2.05) is 12.1 Å². The van der Waals surface area contributed by atoms with E-state index in [-0.39, 0.29) is 21.8 Å². The molecule has 2 atom stereocenters. The van der Waals surface area contributed by atoms with Crippen molar-refractivity contribution in [3.8, 4) is 0 Å². The molecule has 0 aromatic heterocycles. The Morgan fingerprint density at radius 3 is 2.65 bits per heavy atom. The molecule has 1 aliphatic rings. The molecule has 0 spiro atoms. The predicted molar refractivity (Wildman–Crippen MR) is 83.9 cm³/mol. The van der Waals surface area contributed by atoms with E-state index in [0.29, 0.717) is 5.92 Å². The van der Waals surface area contributed by atoms with Crippen LogP contribution in [0.5, 0.6) is 0 Å². The van der Waals surface area contributed by atoms with Crippen molar-refractivity contribution in [1.82, 2.24) is 5.32 Å². The Morgan fingerprint density at radius 1 is 1.40 bits per heavy atom. The summed E-state index contributed by atoms with van der Waals surface area (Å²) in [5, 5.41) is 3.80. The lowest BCUT2D eigenvalue weighted by Gasteiger charge is -2.38. The molecule has 1 aromatic carbocycles. The van der Waals surface area contributed by atoms with E-state index in [2.05, 4.69) is 33.0 Å². The highest BCUT2D eigenvalue weighted by molar-refractivity contribution is 6.30. The van der Waals surface area contributed by atoms with Gasteiger partial charge in [0.1, 0.15) is 5.82 Å². The zero-order valence-electron chi connectivity index (χ0n) is 12.9. The minimum atomic E-state index is -0.237. The minimum absolute atomic E-state index is 0.0321. The second kappa shape index (κ2) is 5.65. The molecule has 0 saturated heterocycles. The number of rotatable bonds is 3. The van der Waals surface area contributed by atoms with Gasteiger partial charge in [0.15, 0.2) is 0 Å². The van der Waals surface area contributed by atoms with Gasteiger partial charge in [-0.2, -0.15) is 0 Å². The van der Waals surface area contributed by atoms with Gasteiger partial charge in [-0.15, -0.1) is 0 Å². The molecular formula is C17H25ClFN. The molecule has 0 amide bonds. The quantitative estimate of drug-likeness (QED) is 0.834. The van der Waals surface area contributed by atoms with Crippen molar-refractivity contribution in [2.75, 3.05) is 6.54 Å². The van der Waals surface area contributed by atoms with E-state index in [1.165, 1.54) is 0 Å². The van der Waals surface area contributed by atoms with Crippen LogP contribution in [0.1, 0.15) is 52.5 Å². The maximum Gasteiger partial charge on any atom is 0.145 e. The number of halogens is 2. The van der Waals surface area contributed by atoms with Crippen LogP contribution in [-0.2, 0) is 5.41 Å². The third-order valence-electron chi connectivity index (χ3n) is 4.63. The van der Waals surface area contributed by atoms with Crippen LogP contribution >= 0.6 is 11.6 Å². The Labute approximate surface area is 126 Å². The van der Waals surface area contributed by atoms with Crippen LogP contribution in [0, 0.1) is 11.7 Å². The first kappa shape index (κ1) is 15.8. The Kier molecular flexibility index (Phi) is 4.46. The zero-order chi connectivity index (χ0) is 15.0. The third kappa shape index (κ3) is 3.01. The molecule has 1 aromatic rings. The van der Waals surface area contributed by atoms with Crippen molar-refractivity contribution in [2.45, 2.75) is 57.9 Å². The van der Waals surface area contributed by atoms with Gasteiger partial charge in [-0.05, 0) is 51.2 Å². The summed E-state index contributed by atoms with van der Waals surface area (Å²) in [6.07, 6.45) is 3.32. The topological polar surface area (TPSA) is 12.0 Å². The van der Waals surface area contributed by atoms with Gasteiger partial charge in [-0.25, -0.2) is 4.39 Å². The summed E-state index contributed by atoms with van der Waals surface area (Å²) in [5.74, 6) is 0.226. The highest BCUT2D eigenvalue weighted by atomic mass is 35.5. The second-order valence-corrected chi connectivity index (χ2v) is 7.56. The van der Waals surface area contributed by atoms with Crippen molar-refractivity contribution >= 4 is 11.6 Å². The lowest BCUT2D eigenvalue weighted by atomic mass is 9.72. The molecule has 1 saturated carbocycles. The molecular weight excluding hydrogens is 273 g/mol. The summed E-state index contributed by atoms with van der Waals surface area (Å²) >= 11 is 6.00. The fourth-order valence-corrected chi connectivity index (χ4v) is 3.49. The molecule has 2 rings (SSSR count). The van der Waals surface area contributed by atoms with Gasteiger partial charge in [0.25, 0.3) is 0 Å². The Balaban J connectivity index is 2.40. The average molecular weight is 298 g/mol. The van der Waals surface area contributed by atoms with Crippen molar-refractivity contribution < 1.29 is 4.39 Å². The number of benzene rings is 1. The molecule has 112 valence electrons. The fraction of sp³-hybridized carbons (Fsp3) is 0.647. The van der Waals surface area contributed by atoms with Crippen LogP contribution in [0.3, 0.4) is 0 Å². The van der Waals surface area contributed by atoms with Crippen LogP contribution in [0.4, 0.5) is 4.39 Å². The van der Waals surface area contributed by atoms with E-state index in [0.717, 1.165) is 31.4 Å². The molecule has 0 heterocycles. The van der Waals surface area contributed by atoms with Crippen LogP contribution in [0.15, 0.2) is 18.2 Å². The molecule has 0 bridgehead atoms. The van der Waals surface area contributed by atoms with Gasteiger partial charge >= 0.3 is 0 Å². The molecule has 2 unspecified atom stereocenters. The molecule has 1 aliphatic carbocycles. The SMILES string of the molecule is CC1CCCC1(CNC(C)(C)C)c1cccc(Cl)c1F. The summed E-state index contributed by atoms with van der Waals surface area (Å²) in [4.78, 5) is 0. The monoisotopic (exact) mass is 297 g/mol. The maximum absolute atomic E-state index is 14.5. The van der Waals surface area contributed by atoms with E-state index < -0.39 is 0 Å². The maximum atomic E-state index is 14.5. The van der Waals surface area contributed by atoms with Crippen molar-refractivity contribution in [1.29, 1.82) is 0 Å². The van der Waals surface area contributed by atoms with Crippen LogP contribution < -0.4 is 5.32 Å². The van der Waals surface area contributed by atoms with Gasteiger partial charge in [0.2, 0.25) is 0 Å². The summed E-state index contributed by atoms with van der Waals surface area (Å²) in [6, 6.07) is 5.41. The first-order valence-electron chi connectivity index (χ1n) is 7.46. The molecule has 3 heteroatoms. The molecule has 1 nitrogen and oxygen atoms in total. The van der Waals surface area contributed by atoms with E-state index in [4.69, 9.17) is 11.6 Å². The molecule has 1 fully saturated rings. The third-order valence-corrected chi connectivity index (χ3v) is 4.92.